The van der Waals surface area contributed by atoms with E-state index in [4.69, 9.17) is 9.15 Å². The summed E-state index contributed by atoms with van der Waals surface area (Å²) in [7, 11) is 2.93. The summed E-state index contributed by atoms with van der Waals surface area (Å²) >= 11 is 1.13. The molecular weight excluding hydrogens is 438 g/mol. The molecule has 1 amide bonds. The lowest BCUT2D eigenvalue weighted by Gasteiger charge is -2.07. The van der Waals surface area contributed by atoms with E-state index in [2.05, 4.69) is 16.9 Å². The Morgan fingerprint density at radius 3 is 2.72 bits per heavy atom. The van der Waals surface area contributed by atoms with E-state index >= 15 is 0 Å². The molecule has 0 saturated carbocycles. The summed E-state index contributed by atoms with van der Waals surface area (Å²) in [6, 6.07) is 3.07. The first-order valence-electron chi connectivity index (χ1n) is 9.70. The molecule has 11 nitrogen and oxygen atoms in total. The molecule has 3 aromatic heterocycles. The van der Waals surface area contributed by atoms with Crippen molar-refractivity contribution in [1.82, 2.24) is 24.0 Å². The Balaban J connectivity index is 1.72. The van der Waals surface area contributed by atoms with E-state index in [1.54, 1.807) is 23.6 Å². The zero-order valence-electron chi connectivity index (χ0n) is 17.9. The molecule has 0 aliphatic carbocycles. The Hall–Kier alpha value is -3.54. The van der Waals surface area contributed by atoms with Crippen LogP contribution in [0.5, 0.6) is 0 Å². The van der Waals surface area contributed by atoms with Crippen molar-refractivity contribution in [3.05, 3.63) is 57.1 Å². The fraction of sp³-hybridized carbons (Fsp3) is 0.350. The van der Waals surface area contributed by atoms with E-state index in [-0.39, 0.29) is 48.3 Å². The molecule has 12 heteroatoms. The number of ether oxygens (including phenoxy) is 1. The zero-order valence-corrected chi connectivity index (χ0v) is 18.7. The standard InChI is InChI=1S/C20H23N5O6S/c1-5-9-25-15-16(23(3)20(29)24(4)17(15)27)22-19(25)32-11-14(26)21-10-12-7-8-13(31-12)18(28)30-6-2/h5,7-8H,1,6,9-11H2,2-4H3,(H,21,26). The summed E-state index contributed by atoms with van der Waals surface area (Å²) < 4.78 is 14.1. The van der Waals surface area contributed by atoms with Crippen molar-refractivity contribution in [3.8, 4) is 0 Å². The maximum Gasteiger partial charge on any atom is 0.374 e. The van der Waals surface area contributed by atoms with Crippen molar-refractivity contribution >= 4 is 34.8 Å². The third-order valence-electron chi connectivity index (χ3n) is 4.56. The highest BCUT2D eigenvalue weighted by Gasteiger charge is 2.19. The summed E-state index contributed by atoms with van der Waals surface area (Å²) in [6.45, 7) is 6.02. The quantitative estimate of drug-likeness (QED) is 0.281. The molecule has 0 spiro atoms. The van der Waals surface area contributed by atoms with Crippen LogP contribution in [0.3, 0.4) is 0 Å². The third-order valence-corrected chi connectivity index (χ3v) is 5.53. The van der Waals surface area contributed by atoms with Gasteiger partial charge < -0.3 is 19.0 Å². The average molecular weight is 462 g/mol. The number of aryl methyl sites for hydroxylation is 1. The summed E-state index contributed by atoms with van der Waals surface area (Å²) in [5.74, 6) is -0.384. The van der Waals surface area contributed by atoms with Gasteiger partial charge >= 0.3 is 11.7 Å². The number of hydrogen-bond acceptors (Lipinski definition) is 8. The predicted molar refractivity (Wildman–Crippen MR) is 118 cm³/mol. The van der Waals surface area contributed by atoms with Crippen LogP contribution >= 0.6 is 11.8 Å². The molecule has 3 heterocycles. The lowest BCUT2D eigenvalue weighted by Crippen LogP contribution is -2.37. The summed E-state index contributed by atoms with van der Waals surface area (Å²) in [5, 5.41) is 3.11. The first-order chi connectivity index (χ1) is 15.3. The van der Waals surface area contributed by atoms with Crippen LogP contribution in [0, 0.1) is 0 Å². The first kappa shape index (κ1) is 23.1. The zero-order chi connectivity index (χ0) is 23.4. The van der Waals surface area contributed by atoms with Gasteiger partial charge in [0.05, 0.1) is 18.9 Å². The lowest BCUT2D eigenvalue weighted by molar-refractivity contribution is -0.118. The number of hydrogen-bond donors (Lipinski definition) is 1. The molecule has 0 aromatic carbocycles. The van der Waals surface area contributed by atoms with Crippen molar-refractivity contribution < 1.29 is 18.7 Å². The van der Waals surface area contributed by atoms with Crippen LogP contribution in [-0.2, 0) is 36.7 Å². The van der Waals surface area contributed by atoms with Gasteiger partial charge in [-0.05, 0) is 19.1 Å². The number of carbonyl (C=O) groups is 2. The van der Waals surface area contributed by atoms with Crippen LogP contribution in [0.15, 0.2) is 44.0 Å². The second-order valence-corrected chi connectivity index (χ2v) is 7.67. The van der Waals surface area contributed by atoms with Crippen LogP contribution in [-0.4, -0.2) is 42.9 Å². The van der Waals surface area contributed by atoms with Crippen molar-refractivity contribution in [2.75, 3.05) is 12.4 Å². The second-order valence-electron chi connectivity index (χ2n) is 6.72. The summed E-state index contributed by atoms with van der Waals surface area (Å²) in [5.41, 5.74) is -0.450. The van der Waals surface area contributed by atoms with E-state index in [0.717, 1.165) is 16.3 Å². The monoisotopic (exact) mass is 461 g/mol. The molecule has 0 fully saturated rings. The highest BCUT2D eigenvalue weighted by Crippen LogP contribution is 2.21. The van der Waals surface area contributed by atoms with Gasteiger partial charge in [-0.2, -0.15) is 0 Å². The fourth-order valence-corrected chi connectivity index (χ4v) is 3.82. The lowest BCUT2D eigenvalue weighted by atomic mass is 10.4. The highest BCUT2D eigenvalue weighted by atomic mass is 32.2. The van der Waals surface area contributed by atoms with Crippen LogP contribution < -0.4 is 16.6 Å². The molecule has 0 aliphatic heterocycles. The van der Waals surface area contributed by atoms with Crippen molar-refractivity contribution in [2.45, 2.75) is 25.2 Å². The van der Waals surface area contributed by atoms with Gasteiger partial charge in [-0.25, -0.2) is 14.6 Å². The van der Waals surface area contributed by atoms with E-state index in [1.165, 1.54) is 24.7 Å². The van der Waals surface area contributed by atoms with Gasteiger partial charge in [-0.1, -0.05) is 17.8 Å². The van der Waals surface area contributed by atoms with Gasteiger partial charge in [0, 0.05) is 20.6 Å². The van der Waals surface area contributed by atoms with Crippen LogP contribution in [0.25, 0.3) is 11.2 Å². The molecule has 170 valence electrons. The van der Waals surface area contributed by atoms with Gasteiger partial charge in [-0.3, -0.25) is 18.7 Å². The van der Waals surface area contributed by atoms with Gasteiger partial charge in [0.25, 0.3) is 5.56 Å². The van der Waals surface area contributed by atoms with E-state index < -0.39 is 17.2 Å². The molecule has 0 atom stereocenters. The Morgan fingerprint density at radius 1 is 1.28 bits per heavy atom. The molecule has 0 radical (unpaired) electrons. The number of nitrogens with one attached hydrogen (secondary N) is 1. The number of amides is 1. The second kappa shape index (κ2) is 9.73. The van der Waals surface area contributed by atoms with Gasteiger partial charge in [0.1, 0.15) is 5.76 Å². The van der Waals surface area contributed by atoms with Crippen molar-refractivity contribution in [2.24, 2.45) is 14.1 Å². The maximum absolute atomic E-state index is 12.6. The van der Waals surface area contributed by atoms with E-state index in [1.807, 2.05) is 0 Å². The van der Waals surface area contributed by atoms with Gasteiger partial charge in [0.15, 0.2) is 16.3 Å². The molecule has 3 rings (SSSR count). The van der Waals surface area contributed by atoms with Crippen LogP contribution in [0.1, 0.15) is 23.2 Å². The predicted octanol–water partition coefficient (Wildman–Crippen LogP) is 0.798. The summed E-state index contributed by atoms with van der Waals surface area (Å²) in [4.78, 5) is 53.2. The van der Waals surface area contributed by atoms with Gasteiger partial charge in [-0.15, -0.1) is 6.58 Å². The Labute approximate surface area is 186 Å². The van der Waals surface area contributed by atoms with Crippen LogP contribution in [0.2, 0.25) is 0 Å². The molecule has 0 saturated heterocycles. The average Bonchev–Trinajstić information content (AvgIpc) is 3.39. The normalized spacial score (nSPS) is 11.0. The third kappa shape index (κ3) is 4.54. The van der Waals surface area contributed by atoms with E-state index in [0.29, 0.717) is 10.9 Å². The molecule has 0 bridgehead atoms. The smallest absolute Gasteiger partial charge is 0.374 e. The number of imidazole rings is 1. The number of furan rings is 1. The SMILES string of the molecule is C=CCn1c(SCC(=O)NCc2ccc(C(=O)OCC)o2)nc2c1c(=O)n(C)c(=O)n2C. The molecule has 32 heavy (non-hydrogen) atoms. The molecule has 3 aromatic rings. The topological polar surface area (TPSA) is 130 Å². The van der Waals surface area contributed by atoms with Crippen molar-refractivity contribution in [3.63, 3.8) is 0 Å². The Bertz CT molecular complexity index is 1300. The van der Waals surface area contributed by atoms with Crippen molar-refractivity contribution in [1.29, 1.82) is 0 Å². The number of thioether (sulfide) groups is 1. The largest absolute Gasteiger partial charge is 0.460 e. The number of carbonyl (C=O) groups excluding carboxylic acids is 2. The Kier molecular flexibility index (Phi) is 7.03. The fourth-order valence-electron chi connectivity index (χ4n) is 2.99. The number of nitrogens with zero attached hydrogens (tertiary/aromatic N) is 4. The minimum absolute atomic E-state index is 0.0141. The highest BCUT2D eigenvalue weighted by molar-refractivity contribution is 7.99. The number of allylic oxidation sites excluding steroid dienone is 1. The molecule has 0 aliphatic rings. The minimum atomic E-state index is -0.567. The minimum Gasteiger partial charge on any atom is -0.460 e. The molecule has 0 unspecified atom stereocenters. The van der Waals surface area contributed by atoms with E-state index in [9.17, 15) is 19.2 Å². The van der Waals surface area contributed by atoms with Gasteiger partial charge in [0.2, 0.25) is 11.7 Å². The Morgan fingerprint density at radius 2 is 2.03 bits per heavy atom. The number of fused-ring (bicyclic) bond motifs is 1. The number of esters is 1. The maximum atomic E-state index is 12.6. The summed E-state index contributed by atoms with van der Waals surface area (Å²) in [6.07, 6.45) is 1.60. The molecule has 1 N–H and O–H groups in total. The first-order valence-corrected chi connectivity index (χ1v) is 10.7. The van der Waals surface area contributed by atoms with Crippen LogP contribution in [0.4, 0.5) is 0 Å². The molecular formula is C20H23N5O6S. The number of aromatic nitrogens is 4. The number of rotatable bonds is 9.